The first kappa shape index (κ1) is 14.9. The largest absolute Gasteiger partial charge is 0.481 e. The summed E-state index contributed by atoms with van der Waals surface area (Å²) in [4.78, 5) is 12.0. The quantitative estimate of drug-likeness (QED) is 0.868. The number of ether oxygens (including phenoxy) is 1. The van der Waals surface area contributed by atoms with Gasteiger partial charge in [0.15, 0.2) is 6.10 Å². The van der Waals surface area contributed by atoms with Gasteiger partial charge in [0, 0.05) is 6.54 Å². The van der Waals surface area contributed by atoms with Crippen molar-refractivity contribution in [2.45, 2.75) is 50.7 Å². The van der Waals surface area contributed by atoms with E-state index in [2.05, 4.69) is 5.32 Å². The third kappa shape index (κ3) is 4.23. The van der Waals surface area contributed by atoms with Gasteiger partial charge in [-0.25, -0.2) is 0 Å². The Bertz CT molecular complexity index is 427. The molecule has 2 rings (SSSR count). The Morgan fingerprint density at radius 3 is 2.60 bits per heavy atom. The lowest BCUT2D eigenvalue weighted by Gasteiger charge is -2.32. The molecule has 2 N–H and O–H groups in total. The SMILES string of the molecule is CC(Oc1ccccc1)C(=O)NCC1(O)CCCCC1. The van der Waals surface area contributed by atoms with Gasteiger partial charge in [0.25, 0.3) is 5.91 Å². The summed E-state index contributed by atoms with van der Waals surface area (Å²) in [7, 11) is 0. The number of benzene rings is 1. The predicted octanol–water partition coefficient (Wildman–Crippen LogP) is 2.27. The Balaban J connectivity index is 1.79. The second-order valence-electron chi connectivity index (χ2n) is 5.58. The predicted molar refractivity (Wildman–Crippen MR) is 77.6 cm³/mol. The lowest BCUT2D eigenvalue weighted by molar-refractivity contribution is -0.128. The van der Waals surface area contributed by atoms with Gasteiger partial charge in [-0.3, -0.25) is 4.79 Å². The number of para-hydroxylation sites is 1. The summed E-state index contributed by atoms with van der Waals surface area (Å²) < 4.78 is 5.56. The van der Waals surface area contributed by atoms with Crippen LogP contribution in [0.5, 0.6) is 5.75 Å². The van der Waals surface area contributed by atoms with Crippen molar-refractivity contribution in [3.05, 3.63) is 30.3 Å². The van der Waals surface area contributed by atoms with E-state index >= 15 is 0 Å². The van der Waals surface area contributed by atoms with Crippen molar-refractivity contribution in [1.29, 1.82) is 0 Å². The smallest absolute Gasteiger partial charge is 0.260 e. The van der Waals surface area contributed by atoms with E-state index in [1.807, 2.05) is 30.3 Å². The van der Waals surface area contributed by atoms with Crippen LogP contribution in [0.25, 0.3) is 0 Å². The van der Waals surface area contributed by atoms with Crippen LogP contribution in [0, 0.1) is 0 Å². The van der Waals surface area contributed by atoms with Gasteiger partial charge in [-0.15, -0.1) is 0 Å². The molecule has 1 fully saturated rings. The van der Waals surface area contributed by atoms with E-state index in [-0.39, 0.29) is 5.91 Å². The summed E-state index contributed by atoms with van der Waals surface area (Å²) in [6.07, 6.45) is 4.20. The van der Waals surface area contributed by atoms with Gasteiger partial charge >= 0.3 is 0 Å². The van der Waals surface area contributed by atoms with Crippen LogP contribution < -0.4 is 10.1 Å². The van der Waals surface area contributed by atoms with Crippen molar-refractivity contribution in [2.75, 3.05) is 6.54 Å². The number of carbonyl (C=O) groups is 1. The average Bonchev–Trinajstić information content (AvgIpc) is 2.46. The zero-order chi connectivity index (χ0) is 14.4. The molecule has 4 heteroatoms. The van der Waals surface area contributed by atoms with Gasteiger partial charge < -0.3 is 15.2 Å². The summed E-state index contributed by atoms with van der Waals surface area (Å²) in [5.41, 5.74) is -0.736. The summed E-state index contributed by atoms with van der Waals surface area (Å²) in [5.74, 6) is 0.486. The number of carbonyl (C=O) groups excluding carboxylic acids is 1. The summed E-state index contributed by atoms with van der Waals surface area (Å²) >= 11 is 0. The number of aliphatic hydroxyl groups is 1. The molecule has 0 aromatic heterocycles. The van der Waals surface area contributed by atoms with Crippen molar-refractivity contribution < 1.29 is 14.6 Å². The third-order valence-corrected chi connectivity index (χ3v) is 3.80. The van der Waals surface area contributed by atoms with E-state index in [1.165, 1.54) is 6.42 Å². The zero-order valence-electron chi connectivity index (χ0n) is 12.0. The highest BCUT2D eigenvalue weighted by atomic mass is 16.5. The molecule has 1 saturated carbocycles. The van der Waals surface area contributed by atoms with Crippen molar-refractivity contribution in [3.63, 3.8) is 0 Å². The van der Waals surface area contributed by atoms with Crippen LogP contribution in [0.2, 0.25) is 0 Å². The van der Waals surface area contributed by atoms with Gasteiger partial charge in [-0.2, -0.15) is 0 Å². The van der Waals surface area contributed by atoms with E-state index in [0.717, 1.165) is 25.7 Å². The molecule has 1 amide bonds. The second-order valence-corrected chi connectivity index (χ2v) is 5.58. The summed E-state index contributed by atoms with van der Waals surface area (Å²) in [6.45, 7) is 2.03. The number of hydrogen-bond acceptors (Lipinski definition) is 3. The van der Waals surface area contributed by atoms with E-state index in [9.17, 15) is 9.90 Å². The molecular weight excluding hydrogens is 254 g/mol. The standard InChI is InChI=1S/C16H23NO3/c1-13(20-14-8-4-2-5-9-14)15(18)17-12-16(19)10-6-3-7-11-16/h2,4-5,8-9,13,19H,3,6-7,10-12H2,1H3,(H,17,18). The maximum Gasteiger partial charge on any atom is 0.260 e. The van der Waals surface area contributed by atoms with E-state index in [1.54, 1.807) is 6.92 Å². The van der Waals surface area contributed by atoms with Crippen LogP contribution in [-0.2, 0) is 4.79 Å². The Morgan fingerprint density at radius 2 is 1.95 bits per heavy atom. The monoisotopic (exact) mass is 277 g/mol. The number of hydrogen-bond donors (Lipinski definition) is 2. The van der Waals surface area contributed by atoms with E-state index in [0.29, 0.717) is 12.3 Å². The highest BCUT2D eigenvalue weighted by molar-refractivity contribution is 5.80. The first-order chi connectivity index (χ1) is 9.59. The molecule has 1 unspecified atom stereocenters. The van der Waals surface area contributed by atoms with Crippen LogP contribution in [0.3, 0.4) is 0 Å². The van der Waals surface area contributed by atoms with Crippen LogP contribution >= 0.6 is 0 Å². The Kier molecular flexibility index (Phi) is 5.01. The number of rotatable bonds is 5. The van der Waals surface area contributed by atoms with Crippen LogP contribution in [0.1, 0.15) is 39.0 Å². The number of nitrogens with one attached hydrogen (secondary N) is 1. The molecule has 0 aliphatic heterocycles. The molecule has 1 aromatic rings. The second kappa shape index (κ2) is 6.75. The molecule has 4 nitrogen and oxygen atoms in total. The molecule has 0 heterocycles. The molecule has 1 atom stereocenters. The van der Waals surface area contributed by atoms with Crippen molar-refractivity contribution in [3.8, 4) is 5.75 Å². The molecule has 0 radical (unpaired) electrons. The Labute approximate surface area is 120 Å². The first-order valence-electron chi connectivity index (χ1n) is 7.31. The minimum absolute atomic E-state index is 0.187. The lowest BCUT2D eigenvalue weighted by atomic mass is 9.85. The summed E-state index contributed by atoms with van der Waals surface area (Å²) in [5, 5.41) is 13.1. The minimum atomic E-state index is -0.736. The van der Waals surface area contributed by atoms with Gasteiger partial charge in [-0.05, 0) is 31.9 Å². The first-order valence-corrected chi connectivity index (χ1v) is 7.31. The van der Waals surface area contributed by atoms with Crippen LogP contribution in [0.4, 0.5) is 0 Å². The minimum Gasteiger partial charge on any atom is -0.481 e. The molecule has 1 aliphatic carbocycles. The average molecular weight is 277 g/mol. The Hall–Kier alpha value is -1.55. The molecule has 110 valence electrons. The lowest BCUT2D eigenvalue weighted by Crippen LogP contribution is -2.47. The molecule has 1 aliphatic rings. The molecule has 20 heavy (non-hydrogen) atoms. The molecule has 0 saturated heterocycles. The van der Waals surface area contributed by atoms with Gasteiger partial charge in [0.05, 0.1) is 5.60 Å². The topological polar surface area (TPSA) is 58.6 Å². The summed E-state index contributed by atoms with van der Waals surface area (Å²) in [6, 6.07) is 9.27. The van der Waals surface area contributed by atoms with Gasteiger partial charge in [0.2, 0.25) is 0 Å². The normalized spacial score (nSPS) is 19.1. The maximum atomic E-state index is 12.0. The zero-order valence-corrected chi connectivity index (χ0v) is 12.0. The number of amides is 1. The van der Waals surface area contributed by atoms with Crippen LogP contribution in [-0.4, -0.2) is 29.3 Å². The van der Waals surface area contributed by atoms with Gasteiger partial charge in [-0.1, -0.05) is 37.5 Å². The van der Waals surface area contributed by atoms with Crippen molar-refractivity contribution in [1.82, 2.24) is 5.32 Å². The van der Waals surface area contributed by atoms with Crippen LogP contribution in [0.15, 0.2) is 30.3 Å². The molecule has 1 aromatic carbocycles. The van der Waals surface area contributed by atoms with E-state index < -0.39 is 11.7 Å². The maximum absolute atomic E-state index is 12.0. The van der Waals surface area contributed by atoms with Gasteiger partial charge in [0.1, 0.15) is 5.75 Å². The fraction of sp³-hybridized carbons (Fsp3) is 0.562. The van der Waals surface area contributed by atoms with Crippen molar-refractivity contribution in [2.24, 2.45) is 0 Å². The Morgan fingerprint density at radius 1 is 1.30 bits per heavy atom. The highest BCUT2D eigenvalue weighted by Gasteiger charge is 2.30. The third-order valence-electron chi connectivity index (χ3n) is 3.80. The van der Waals surface area contributed by atoms with E-state index in [4.69, 9.17) is 4.74 Å². The molecular formula is C16H23NO3. The fourth-order valence-electron chi connectivity index (χ4n) is 2.54. The fourth-order valence-corrected chi connectivity index (χ4v) is 2.54. The molecule has 0 spiro atoms. The van der Waals surface area contributed by atoms with Crippen molar-refractivity contribution >= 4 is 5.91 Å². The highest BCUT2D eigenvalue weighted by Crippen LogP contribution is 2.27. The molecule has 0 bridgehead atoms.